The first-order valence-electron chi connectivity index (χ1n) is 14.7. The molecule has 2 aliphatic rings. The number of anilines is 1. The van der Waals surface area contributed by atoms with Crippen molar-refractivity contribution in [2.45, 2.75) is 38.6 Å². The van der Waals surface area contributed by atoms with Gasteiger partial charge in [-0.1, -0.05) is 18.2 Å². The first kappa shape index (κ1) is 27.3. The predicted molar refractivity (Wildman–Crippen MR) is 162 cm³/mol. The smallest absolute Gasteiger partial charge is 0.159 e. The van der Waals surface area contributed by atoms with Crippen LogP contribution in [0, 0.1) is 6.92 Å². The Bertz CT molecular complexity index is 1460. The minimum Gasteiger partial charge on any atom is -0.508 e. The van der Waals surface area contributed by atoms with E-state index in [0.717, 1.165) is 47.5 Å². The maximum atomic E-state index is 9.92. The predicted octanol–water partition coefficient (Wildman–Crippen LogP) is 4.35. The van der Waals surface area contributed by atoms with Gasteiger partial charge < -0.3 is 14.9 Å². The van der Waals surface area contributed by atoms with Gasteiger partial charge in [0, 0.05) is 81.8 Å². The molecule has 2 aliphatic heterocycles. The Morgan fingerprint density at radius 2 is 1.49 bits per heavy atom. The van der Waals surface area contributed by atoms with E-state index in [1.165, 1.54) is 50.3 Å². The minimum absolute atomic E-state index is 0.207. The van der Waals surface area contributed by atoms with Gasteiger partial charge in [-0.3, -0.25) is 4.90 Å². The SMILES string of the molecule is Cc1ccc(O)cc1-c1nccc(Cc2ccnc(Cc3ccc(N4CCC(N5CCN(C)CC5)CC4)cc3)n2)n1. The lowest BCUT2D eigenvalue weighted by Gasteiger charge is -2.42. The van der Waals surface area contributed by atoms with Crippen LogP contribution in [-0.4, -0.2) is 87.2 Å². The molecule has 0 spiro atoms. The molecule has 0 radical (unpaired) electrons. The number of rotatable bonds is 7. The number of aromatic nitrogens is 4. The third kappa shape index (κ3) is 6.72. The molecule has 2 aromatic carbocycles. The molecular weight excluding hydrogens is 510 g/mol. The molecule has 0 amide bonds. The van der Waals surface area contributed by atoms with Crippen LogP contribution >= 0.6 is 0 Å². The lowest BCUT2D eigenvalue weighted by atomic mass is 10.0. The van der Waals surface area contributed by atoms with Crippen molar-refractivity contribution in [1.29, 1.82) is 0 Å². The number of nitrogens with zero attached hydrogens (tertiary/aromatic N) is 7. The topological polar surface area (TPSA) is 81.5 Å². The van der Waals surface area contributed by atoms with Crippen molar-refractivity contribution >= 4 is 5.69 Å². The van der Waals surface area contributed by atoms with Crippen molar-refractivity contribution < 1.29 is 5.11 Å². The highest BCUT2D eigenvalue weighted by Crippen LogP contribution is 2.26. The van der Waals surface area contributed by atoms with Crippen LogP contribution < -0.4 is 4.90 Å². The number of piperazine rings is 1. The number of likely N-dealkylation sites (N-methyl/N-ethyl adjacent to an activating group) is 1. The largest absolute Gasteiger partial charge is 0.508 e. The molecule has 8 heteroatoms. The Balaban J connectivity index is 1.06. The van der Waals surface area contributed by atoms with Gasteiger partial charge in [0.25, 0.3) is 0 Å². The summed E-state index contributed by atoms with van der Waals surface area (Å²) in [7, 11) is 2.22. The van der Waals surface area contributed by atoms with E-state index in [2.05, 4.69) is 56.0 Å². The Labute approximate surface area is 242 Å². The molecule has 2 aromatic heterocycles. The summed E-state index contributed by atoms with van der Waals surface area (Å²) < 4.78 is 0. The average Bonchev–Trinajstić information content (AvgIpc) is 3.00. The molecule has 41 heavy (non-hydrogen) atoms. The lowest BCUT2D eigenvalue weighted by Crippen LogP contribution is -2.52. The highest BCUT2D eigenvalue weighted by atomic mass is 16.3. The molecule has 2 saturated heterocycles. The Morgan fingerprint density at radius 1 is 0.780 bits per heavy atom. The van der Waals surface area contributed by atoms with Gasteiger partial charge in [0.15, 0.2) is 5.82 Å². The maximum Gasteiger partial charge on any atom is 0.159 e. The van der Waals surface area contributed by atoms with Crippen LogP contribution in [-0.2, 0) is 12.8 Å². The van der Waals surface area contributed by atoms with Gasteiger partial charge in [0.1, 0.15) is 11.6 Å². The molecular formula is C33H39N7O. The number of piperidine rings is 1. The standard InChI is InChI=1S/C33H39N7O/c1-24-3-8-30(41)23-31(24)33-35-14-10-27(37-33)22-26-9-13-34-32(36-26)21-25-4-6-28(7-5-25)39-15-11-29(12-16-39)40-19-17-38(2)18-20-40/h3-10,13-14,23,29,41H,11-12,15-22H2,1-2H3. The first-order valence-corrected chi connectivity index (χ1v) is 14.7. The van der Waals surface area contributed by atoms with Gasteiger partial charge in [0.05, 0.1) is 11.4 Å². The molecule has 6 rings (SSSR count). The number of hydrogen-bond donors (Lipinski definition) is 1. The molecule has 0 bridgehead atoms. The second-order valence-corrected chi connectivity index (χ2v) is 11.4. The Hall–Kier alpha value is -3.88. The second-order valence-electron chi connectivity index (χ2n) is 11.4. The van der Waals surface area contributed by atoms with Crippen molar-refractivity contribution in [3.05, 3.63) is 95.3 Å². The third-order valence-corrected chi connectivity index (χ3v) is 8.48. The van der Waals surface area contributed by atoms with E-state index >= 15 is 0 Å². The first-order chi connectivity index (χ1) is 20.0. The normalized spacial score (nSPS) is 17.2. The van der Waals surface area contributed by atoms with Gasteiger partial charge in [-0.05, 0) is 74.3 Å². The van der Waals surface area contributed by atoms with Crippen molar-refractivity contribution in [2.24, 2.45) is 0 Å². The summed E-state index contributed by atoms with van der Waals surface area (Å²) in [6.45, 7) is 9.03. The Kier molecular flexibility index (Phi) is 8.21. The van der Waals surface area contributed by atoms with Gasteiger partial charge in [-0.2, -0.15) is 0 Å². The van der Waals surface area contributed by atoms with Crippen LogP contribution in [0.4, 0.5) is 5.69 Å². The third-order valence-electron chi connectivity index (χ3n) is 8.48. The summed E-state index contributed by atoms with van der Waals surface area (Å²) in [5.74, 6) is 1.62. The molecule has 8 nitrogen and oxygen atoms in total. The number of aromatic hydroxyl groups is 1. The molecule has 1 N–H and O–H groups in total. The Morgan fingerprint density at radius 3 is 2.24 bits per heavy atom. The molecule has 0 atom stereocenters. The zero-order chi connectivity index (χ0) is 28.2. The highest BCUT2D eigenvalue weighted by molar-refractivity contribution is 5.62. The van der Waals surface area contributed by atoms with Crippen molar-refractivity contribution in [1.82, 2.24) is 29.7 Å². The van der Waals surface area contributed by atoms with Crippen molar-refractivity contribution in [2.75, 3.05) is 51.2 Å². The average molecular weight is 550 g/mol. The van der Waals surface area contributed by atoms with E-state index in [4.69, 9.17) is 9.97 Å². The maximum absolute atomic E-state index is 9.92. The van der Waals surface area contributed by atoms with Crippen LogP contribution in [0.2, 0.25) is 0 Å². The van der Waals surface area contributed by atoms with E-state index in [9.17, 15) is 5.11 Å². The van der Waals surface area contributed by atoms with Gasteiger partial charge in [-0.15, -0.1) is 0 Å². The number of phenolic OH excluding ortho intramolecular Hbond substituents is 1. The minimum atomic E-state index is 0.207. The van der Waals surface area contributed by atoms with Crippen molar-refractivity contribution in [3.63, 3.8) is 0 Å². The van der Waals surface area contributed by atoms with E-state index in [-0.39, 0.29) is 5.75 Å². The molecule has 0 unspecified atom stereocenters. The van der Waals surface area contributed by atoms with Gasteiger partial charge in [0.2, 0.25) is 0 Å². The van der Waals surface area contributed by atoms with E-state index in [1.54, 1.807) is 18.3 Å². The fourth-order valence-electron chi connectivity index (χ4n) is 5.97. The summed E-state index contributed by atoms with van der Waals surface area (Å²) in [5.41, 5.74) is 6.17. The zero-order valence-electron chi connectivity index (χ0n) is 24.1. The lowest BCUT2D eigenvalue weighted by molar-refractivity contribution is 0.0982. The van der Waals surface area contributed by atoms with Gasteiger partial charge >= 0.3 is 0 Å². The number of benzene rings is 2. The summed E-state index contributed by atoms with van der Waals surface area (Å²) >= 11 is 0. The number of hydrogen-bond acceptors (Lipinski definition) is 8. The van der Waals surface area contributed by atoms with Crippen LogP contribution in [0.5, 0.6) is 5.75 Å². The molecule has 212 valence electrons. The summed E-state index contributed by atoms with van der Waals surface area (Å²) in [5, 5.41) is 9.92. The van der Waals surface area contributed by atoms with Crippen molar-refractivity contribution in [3.8, 4) is 17.1 Å². The molecule has 4 aromatic rings. The van der Waals surface area contributed by atoms with E-state index in [1.807, 2.05) is 31.3 Å². The quantitative estimate of drug-likeness (QED) is 0.365. The molecule has 2 fully saturated rings. The monoisotopic (exact) mass is 549 g/mol. The zero-order valence-corrected chi connectivity index (χ0v) is 24.1. The van der Waals surface area contributed by atoms with Crippen LogP contribution in [0.15, 0.2) is 67.0 Å². The number of phenols is 1. The molecule has 4 heterocycles. The molecule has 0 saturated carbocycles. The van der Waals surface area contributed by atoms with Gasteiger partial charge in [-0.25, -0.2) is 19.9 Å². The van der Waals surface area contributed by atoms with E-state index in [0.29, 0.717) is 18.7 Å². The second kappa shape index (κ2) is 12.3. The van der Waals surface area contributed by atoms with Crippen LogP contribution in [0.3, 0.4) is 0 Å². The summed E-state index contributed by atoms with van der Waals surface area (Å²) in [4.78, 5) is 26.2. The summed E-state index contributed by atoms with van der Waals surface area (Å²) in [6.07, 6.45) is 7.36. The summed E-state index contributed by atoms with van der Waals surface area (Å²) in [6, 6.07) is 18.8. The highest BCUT2D eigenvalue weighted by Gasteiger charge is 2.26. The fourth-order valence-corrected chi connectivity index (χ4v) is 5.97. The molecule has 0 aliphatic carbocycles. The van der Waals surface area contributed by atoms with Crippen LogP contribution in [0.1, 0.15) is 41.2 Å². The fraction of sp³-hybridized carbons (Fsp3) is 0.394. The number of aryl methyl sites for hydroxylation is 1. The van der Waals surface area contributed by atoms with E-state index < -0.39 is 0 Å². The van der Waals surface area contributed by atoms with Crippen LogP contribution in [0.25, 0.3) is 11.4 Å².